The Morgan fingerprint density at radius 3 is 2.41 bits per heavy atom. The number of anilines is 1. The van der Waals surface area contributed by atoms with E-state index in [0.29, 0.717) is 22.0 Å². The zero-order valence-corrected chi connectivity index (χ0v) is 16.3. The van der Waals surface area contributed by atoms with Crippen LogP contribution in [0.15, 0.2) is 42.5 Å². The molecule has 2 aromatic rings. The van der Waals surface area contributed by atoms with Gasteiger partial charge in [-0.1, -0.05) is 23.7 Å². The third kappa shape index (κ3) is 5.98. The summed E-state index contributed by atoms with van der Waals surface area (Å²) in [6.45, 7) is 3.35. The molecule has 0 saturated heterocycles. The molecule has 7 heteroatoms. The number of ether oxygens (including phenoxy) is 1. The van der Waals surface area contributed by atoms with Crippen molar-refractivity contribution in [3.63, 3.8) is 0 Å². The largest absolute Gasteiger partial charge is 0.496 e. The number of hydrogen-bond donors (Lipinski definition) is 3. The van der Waals surface area contributed by atoms with Crippen LogP contribution < -0.4 is 15.4 Å². The fourth-order valence-electron chi connectivity index (χ4n) is 2.41. The molecule has 0 fully saturated rings. The fraction of sp³-hybridized carbons (Fsp3) is 0.300. The number of amides is 2. The first-order valence-electron chi connectivity index (χ1n) is 8.40. The van der Waals surface area contributed by atoms with Crippen LogP contribution in [0, 0.1) is 0 Å². The molecule has 2 rings (SSSR count). The molecule has 0 bridgehead atoms. The summed E-state index contributed by atoms with van der Waals surface area (Å²) in [6.07, 6.45) is 0.180. The lowest BCUT2D eigenvalue weighted by atomic mass is 10.1. The van der Waals surface area contributed by atoms with E-state index in [1.54, 1.807) is 50.2 Å². The SMILES string of the molecule is COc1ccc(Cl)cc1C(=O)Nc1ccc(CC(=O)NC(C)(C)CO)cc1. The normalized spacial score (nSPS) is 11.0. The molecule has 0 heterocycles. The van der Waals surface area contributed by atoms with E-state index in [1.165, 1.54) is 13.2 Å². The minimum atomic E-state index is -0.666. The highest BCUT2D eigenvalue weighted by atomic mass is 35.5. The van der Waals surface area contributed by atoms with E-state index in [0.717, 1.165) is 5.56 Å². The highest BCUT2D eigenvalue weighted by Crippen LogP contribution is 2.24. The molecule has 0 atom stereocenters. The summed E-state index contributed by atoms with van der Waals surface area (Å²) in [7, 11) is 1.48. The van der Waals surface area contributed by atoms with Crippen LogP contribution in [0.3, 0.4) is 0 Å². The lowest BCUT2D eigenvalue weighted by Crippen LogP contribution is -2.46. The van der Waals surface area contributed by atoms with Gasteiger partial charge in [0.25, 0.3) is 5.91 Å². The molecular formula is C20H23ClN2O4. The van der Waals surface area contributed by atoms with Crippen molar-refractivity contribution in [2.75, 3.05) is 19.0 Å². The van der Waals surface area contributed by atoms with Crippen LogP contribution in [0.25, 0.3) is 0 Å². The predicted octanol–water partition coefficient (Wildman–Crippen LogP) is 3.03. The highest BCUT2D eigenvalue weighted by Gasteiger charge is 2.19. The van der Waals surface area contributed by atoms with Gasteiger partial charge >= 0.3 is 0 Å². The Morgan fingerprint density at radius 1 is 1.15 bits per heavy atom. The number of methoxy groups -OCH3 is 1. The van der Waals surface area contributed by atoms with E-state index in [9.17, 15) is 14.7 Å². The Morgan fingerprint density at radius 2 is 1.81 bits per heavy atom. The first-order chi connectivity index (χ1) is 12.7. The van der Waals surface area contributed by atoms with Gasteiger partial charge in [-0.3, -0.25) is 9.59 Å². The number of nitrogens with one attached hydrogen (secondary N) is 2. The molecule has 0 aromatic heterocycles. The average molecular weight is 391 g/mol. The lowest BCUT2D eigenvalue weighted by molar-refractivity contribution is -0.122. The number of halogens is 1. The molecule has 2 amide bonds. The van der Waals surface area contributed by atoms with Crippen molar-refractivity contribution in [2.24, 2.45) is 0 Å². The molecule has 2 aromatic carbocycles. The van der Waals surface area contributed by atoms with E-state index >= 15 is 0 Å². The molecule has 3 N–H and O–H groups in total. The second kappa shape index (κ2) is 8.88. The summed E-state index contributed by atoms with van der Waals surface area (Å²) in [5.74, 6) is -0.101. The van der Waals surface area contributed by atoms with Gasteiger partial charge in [0.2, 0.25) is 5.91 Å². The minimum absolute atomic E-state index is 0.142. The van der Waals surface area contributed by atoms with Gasteiger partial charge in [-0.25, -0.2) is 0 Å². The molecule has 27 heavy (non-hydrogen) atoms. The molecule has 0 saturated carbocycles. The van der Waals surface area contributed by atoms with E-state index < -0.39 is 5.54 Å². The summed E-state index contributed by atoms with van der Waals surface area (Å²) >= 11 is 5.96. The van der Waals surface area contributed by atoms with E-state index in [-0.39, 0.29) is 24.8 Å². The van der Waals surface area contributed by atoms with E-state index in [1.807, 2.05) is 0 Å². The van der Waals surface area contributed by atoms with Gasteiger partial charge in [0, 0.05) is 10.7 Å². The van der Waals surface area contributed by atoms with Crippen LogP contribution in [0.2, 0.25) is 5.02 Å². The zero-order chi connectivity index (χ0) is 20.0. The van der Waals surface area contributed by atoms with Gasteiger partial charge in [0.05, 0.1) is 31.2 Å². The Kier molecular flexibility index (Phi) is 6.82. The Balaban J connectivity index is 2.02. The minimum Gasteiger partial charge on any atom is -0.496 e. The smallest absolute Gasteiger partial charge is 0.259 e. The topological polar surface area (TPSA) is 87.7 Å². The average Bonchev–Trinajstić information content (AvgIpc) is 2.62. The molecule has 6 nitrogen and oxygen atoms in total. The molecular weight excluding hydrogens is 368 g/mol. The molecule has 0 aliphatic heterocycles. The molecule has 0 unspecified atom stereocenters. The second-order valence-electron chi connectivity index (χ2n) is 6.76. The van der Waals surface area contributed by atoms with E-state index in [4.69, 9.17) is 16.3 Å². The van der Waals surface area contributed by atoms with Gasteiger partial charge in [-0.15, -0.1) is 0 Å². The quantitative estimate of drug-likeness (QED) is 0.678. The second-order valence-corrected chi connectivity index (χ2v) is 7.20. The number of benzene rings is 2. The van der Waals surface area contributed by atoms with Crippen molar-refractivity contribution in [1.82, 2.24) is 5.32 Å². The Hall–Kier alpha value is -2.57. The number of aliphatic hydroxyl groups excluding tert-OH is 1. The standard InChI is InChI=1S/C20H23ClN2O4/c1-20(2,12-24)23-18(25)10-13-4-7-15(8-5-13)22-19(26)16-11-14(21)6-9-17(16)27-3/h4-9,11,24H,10,12H2,1-3H3,(H,22,26)(H,23,25). The van der Waals surface area contributed by atoms with Crippen LogP contribution >= 0.6 is 11.6 Å². The first kappa shape index (κ1) is 20.7. The van der Waals surface area contributed by atoms with Crippen molar-refractivity contribution < 1.29 is 19.4 Å². The zero-order valence-electron chi connectivity index (χ0n) is 15.5. The van der Waals surface area contributed by atoms with E-state index in [2.05, 4.69) is 10.6 Å². The van der Waals surface area contributed by atoms with Gasteiger partial charge in [-0.05, 0) is 49.7 Å². The van der Waals surface area contributed by atoms with Crippen molar-refractivity contribution in [2.45, 2.75) is 25.8 Å². The van der Waals surface area contributed by atoms with Gasteiger partial charge < -0.3 is 20.5 Å². The maximum absolute atomic E-state index is 12.5. The lowest BCUT2D eigenvalue weighted by Gasteiger charge is -2.23. The third-order valence-electron chi connectivity index (χ3n) is 3.86. The summed E-state index contributed by atoms with van der Waals surface area (Å²) in [4.78, 5) is 24.5. The summed E-state index contributed by atoms with van der Waals surface area (Å²) in [6, 6.07) is 11.8. The number of carbonyl (C=O) groups is 2. The number of aliphatic hydroxyl groups is 1. The van der Waals surface area contributed by atoms with Crippen LogP contribution in [0.1, 0.15) is 29.8 Å². The van der Waals surface area contributed by atoms with Crippen molar-refractivity contribution in [3.05, 3.63) is 58.6 Å². The van der Waals surface area contributed by atoms with Crippen molar-refractivity contribution >= 4 is 29.1 Å². The monoisotopic (exact) mass is 390 g/mol. The molecule has 0 radical (unpaired) electrons. The molecule has 144 valence electrons. The maximum atomic E-state index is 12.5. The predicted molar refractivity (Wildman–Crippen MR) is 105 cm³/mol. The number of carbonyl (C=O) groups excluding carboxylic acids is 2. The van der Waals surface area contributed by atoms with Gasteiger partial charge in [-0.2, -0.15) is 0 Å². The third-order valence-corrected chi connectivity index (χ3v) is 4.09. The maximum Gasteiger partial charge on any atom is 0.259 e. The summed E-state index contributed by atoms with van der Waals surface area (Å²) < 4.78 is 5.19. The van der Waals surface area contributed by atoms with Crippen LogP contribution in [-0.4, -0.2) is 36.2 Å². The fourth-order valence-corrected chi connectivity index (χ4v) is 2.58. The van der Waals surface area contributed by atoms with Crippen molar-refractivity contribution in [1.29, 1.82) is 0 Å². The Labute approximate surface area is 163 Å². The number of rotatable bonds is 7. The molecule has 0 spiro atoms. The van der Waals surface area contributed by atoms with Crippen LogP contribution in [0.4, 0.5) is 5.69 Å². The first-order valence-corrected chi connectivity index (χ1v) is 8.77. The highest BCUT2D eigenvalue weighted by molar-refractivity contribution is 6.31. The van der Waals surface area contributed by atoms with Gasteiger partial charge in [0.1, 0.15) is 5.75 Å². The molecule has 0 aliphatic rings. The van der Waals surface area contributed by atoms with Crippen LogP contribution in [-0.2, 0) is 11.2 Å². The van der Waals surface area contributed by atoms with Crippen molar-refractivity contribution in [3.8, 4) is 5.75 Å². The van der Waals surface area contributed by atoms with Gasteiger partial charge in [0.15, 0.2) is 0 Å². The summed E-state index contributed by atoms with van der Waals surface area (Å²) in [5, 5.41) is 15.2. The van der Waals surface area contributed by atoms with Crippen LogP contribution in [0.5, 0.6) is 5.75 Å². The molecule has 0 aliphatic carbocycles. The Bertz CT molecular complexity index is 819. The number of hydrogen-bond acceptors (Lipinski definition) is 4. The summed E-state index contributed by atoms with van der Waals surface area (Å²) in [5.41, 5.74) is 1.04.